The molecule has 1 radical (unpaired) electrons. The van der Waals surface area contributed by atoms with Crippen molar-refractivity contribution in [3.05, 3.63) is 39.6 Å². The molecule has 0 heterocycles. The fraction of sp³-hybridized carbons (Fsp3) is 0.333. The first kappa shape index (κ1) is 13.0. The molecule has 0 aliphatic heterocycles. The van der Waals surface area contributed by atoms with E-state index in [9.17, 15) is 10.1 Å². The molecule has 17 heavy (non-hydrogen) atoms. The first-order valence-corrected chi connectivity index (χ1v) is 5.11. The van der Waals surface area contributed by atoms with Crippen LogP contribution in [0.15, 0.2) is 17.8 Å². The van der Waals surface area contributed by atoms with Crippen molar-refractivity contribution in [3.8, 4) is 11.5 Å². The Bertz CT molecular complexity index is 418. The van der Waals surface area contributed by atoms with Crippen LogP contribution in [0.1, 0.15) is 18.9 Å². The van der Waals surface area contributed by atoms with Gasteiger partial charge in [-0.05, 0) is 17.7 Å². The molecule has 0 aromatic heterocycles. The van der Waals surface area contributed by atoms with Gasteiger partial charge in [-0.15, -0.1) is 0 Å². The molecule has 0 amide bonds. The van der Waals surface area contributed by atoms with Gasteiger partial charge in [0.2, 0.25) is 5.70 Å². The van der Waals surface area contributed by atoms with Gasteiger partial charge in [0.25, 0.3) is 0 Å². The largest absolute Gasteiger partial charge is 0.496 e. The second-order valence-electron chi connectivity index (χ2n) is 3.30. The first-order valence-electron chi connectivity index (χ1n) is 5.11. The normalized spacial score (nSPS) is 11.1. The van der Waals surface area contributed by atoms with Gasteiger partial charge in [-0.2, -0.15) is 0 Å². The summed E-state index contributed by atoms with van der Waals surface area (Å²) in [5, 5.41) is 10.7. The number of hydrogen-bond donors (Lipinski definition) is 0. The molecular weight excluding hydrogens is 222 g/mol. The van der Waals surface area contributed by atoms with Crippen molar-refractivity contribution in [1.82, 2.24) is 0 Å². The Labute approximate surface area is 99.8 Å². The number of ether oxygens (including phenoxy) is 2. The SMILES string of the molecule is CCC(=Cc1cc(OC)[c]c(OC)c1)[N+](=O)[O-]. The van der Waals surface area contributed by atoms with Crippen molar-refractivity contribution < 1.29 is 14.4 Å². The Hall–Kier alpha value is -2.04. The van der Waals surface area contributed by atoms with Crippen molar-refractivity contribution in [2.24, 2.45) is 0 Å². The van der Waals surface area contributed by atoms with Crippen LogP contribution in [0, 0.1) is 16.2 Å². The Kier molecular flexibility index (Phi) is 4.51. The number of nitrogens with zero attached hydrogens (tertiary/aromatic N) is 1. The van der Waals surface area contributed by atoms with E-state index in [2.05, 4.69) is 6.07 Å². The van der Waals surface area contributed by atoms with E-state index in [-0.39, 0.29) is 5.70 Å². The minimum Gasteiger partial charge on any atom is -0.496 e. The van der Waals surface area contributed by atoms with E-state index in [1.54, 1.807) is 19.1 Å². The highest BCUT2D eigenvalue weighted by atomic mass is 16.6. The molecular formula is C12H14NO4. The van der Waals surface area contributed by atoms with E-state index < -0.39 is 4.92 Å². The predicted molar refractivity (Wildman–Crippen MR) is 63.6 cm³/mol. The lowest BCUT2D eigenvalue weighted by molar-refractivity contribution is -0.425. The van der Waals surface area contributed by atoms with Gasteiger partial charge >= 0.3 is 0 Å². The number of methoxy groups -OCH3 is 2. The summed E-state index contributed by atoms with van der Waals surface area (Å²) in [5.74, 6) is 0.962. The van der Waals surface area contributed by atoms with Crippen LogP contribution in [0.5, 0.6) is 11.5 Å². The van der Waals surface area contributed by atoms with Crippen molar-refractivity contribution in [2.45, 2.75) is 13.3 Å². The lowest BCUT2D eigenvalue weighted by atomic mass is 10.1. The Balaban J connectivity index is 3.16. The van der Waals surface area contributed by atoms with Gasteiger partial charge < -0.3 is 9.47 Å². The van der Waals surface area contributed by atoms with Crippen LogP contribution in [-0.2, 0) is 0 Å². The first-order chi connectivity index (χ1) is 8.10. The zero-order valence-electron chi connectivity index (χ0n) is 10.0. The maximum absolute atomic E-state index is 10.7. The van der Waals surface area contributed by atoms with Crippen LogP contribution in [0.4, 0.5) is 0 Å². The Morgan fingerprint density at radius 3 is 2.29 bits per heavy atom. The van der Waals surface area contributed by atoms with Crippen molar-refractivity contribution >= 4 is 6.08 Å². The van der Waals surface area contributed by atoms with Crippen molar-refractivity contribution in [1.29, 1.82) is 0 Å². The molecule has 0 aliphatic rings. The molecule has 91 valence electrons. The lowest BCUT2D eigenvalue weighted by Crippen LogP contribution is -1.97. The maximum atomic E-state index is 10.7. The van der Waals surface area contributed by atoms with Crippen LogP contribution in [0.3, 0.4) is 0 Å². The van der Waals surface area contributed by atoms with Gasteiger partial charge in [0.15, 0.2) is 0 Å². The summed E-state index contributed by atoms with van der Waals surface area (Å²) in [6.07, 6.45) is 1.86. The molecule has 0 N–H and O–H groups in total. The van der Waals surface area contributed by atoms with E-state index in [1.165, 1.54) is 20.3 Å². The molecule has 0 fully saturated rings. The van der Waals surface area contributed by atoms with Crippen molar-refractivity contribution in [3.63, 3.8) is 0 Å². The molecule has 1 aromatic rings. The molecule has 0 aliphatic carbocycles. The smallest absolute Gasteiger partial charge is 0.246 e. The number of nitro groups is 1. The van der Waals surface area contributed by atoms with E-state index in [0.717, 1.165) is 0 Å². The third-order valence-corrected chi connectivity index (χ3v) is 2.21. The van der Waals surface area contributed by atoms with Gasteiger partial charge in [0, 0.05) is 12.5 Å². The standard InChI is InChI=1S/C12H14NO4/c1-4-10(13(14)15)5-9-6-11(16-2)8-12(7-9)17-3/h5-7H,4H2,1-3H3. The van der Waals surface area contributed by atoms with Crippen LogP contribution < -0.4 is 9.47 Å². The molecule has 0 bridgehead atoms. The van der Waals surface area contributed by atoms with Crippen LogP contribution in [0.25, 0.3) is 6.08 Å². The van der Waals surface area contributed by atoms with Gasteiger partial charge in [0.1, 0.15) is 11.5 Å². The molecule has 1 aromatic carbocycles. The summed E-state index contributed by atoms with van der Waals surface area (Å²) in [7, 11) is 3.01. The van der Waals surface area contributed by atoms with Crippen LogP contribution >= 0.6 is 0 Å². The summed E-state index contributed by atoms with van der Waals surface area (Å²) in [6, 6.07) is 6.20. The summed E-state index contributed by atoms with van der Waals surface area (Å²) in [5.41, 5.74) is 0.798. The third-order valence-electron chi connectivity index (χ3n) is 2.21. The molecule has 0 saturated carbocycles. The molecule has 1 rings (SSSR count). The Morgan fingerprint density at radius 2 is 1.94 bits per heavy atom. The third kappa shape index (κ3) is 3.48. The maximum Gasteiger partial charge on any atom is 0.246 e. The van der Waals surface area contributed by atoms with Gasteiger partial charge in [0.05, 0.1) is 25.2 Å². The topological polar surface area (TPSA) is 61.6 Å². The van der Waals surface area contributed by atoms with Gasteiger partial charge in [-0.25, -0.2) is 0 Å². The fourth-order valence-corrected chi connectivity index (χ4v) is 1.32. The highest BCUT2D eigenvalue weighted by Gasteiger charge is 2.09. The monoisotopic (exact) mass is 236 g/mol. The fourth-order valence-electron chi connectivity index (χ4n) is 1.32. The van der Waals surface area contributed by atoms with E-state index in [1.807, 2.05) is 0 Å². The summed E-state index contributed by atoms with van der Waals surface area (Å²) >= 11 is 0. The highest BCUT2D eigenvalue weighted by molar-refractivity contribution is 5.56. The number of allylic oxidation sites excluding steroid dienone is 1. The average Bonchev–Trinajstić information content (AvgIpc) is 2.34. The van der Waals surface area contributed by atoms with Gasteiger partial charge in [-0.3, -0.25) is 10.1 Å². The molecule has 5 nitrogen and oxygen atoms in total. The summed E-state index contributed by atoms with van der Waals surface area (Å²) in [6.45, 7) is 1.73. The zero-order chi connectivity index (χ0) is 12.8. The minimum absolute atomic E-state index is 0.139. The van der Waals surface area contributed by atoms with Gasteiger partial charge in [-0.1, -0.05) is 6.92 Å². The second-order valence-corrected chi connectivity index (χ2v) is 3.30. The van der Waals surface area contributed by atoms with Crippen LogP contribution in [0.2, 0.25) is 0 Å². The predicted octanol–water partition coefficient (Wildman–Crippen LogP) is 2.53. The van der Waals surface area contributed by atoms with Crippen LogP contribution in [-0.4, -0.2) is 19.1 Å². The molecule has 5 heteroatoms. The lowest BCUT2D eigenvalue weighted by Gasteiger charge is -2.05. The molecule has 0 saturated heterocycles. The summed E-state index contributed by atoms with van der Waals surface area (Å²) < 4.78 is 10.1. The average molecular weight is 236 g/mol. The zero-order valence-corrected chi connectivity index (χ0v) is 10.0. The molecule has 0 spiro atoms. The second kappa shape index (κ2) is 5.89. The minimum atomic E-state index is -0.393. The number of benzene rings is 1. The quantitative estimate of drug-likeness (QED) is 0.582. The van der Waals surface area contributed by atoms with E-state index in [4.69, 9.17) is 9.47 Å². The molecule has 0 atom stereocenters. The Morgan fingerprint density at radius 1 is 1.41 bits per heavy atom. The number of rotatable bonds is 5. The number of hydrogen-bond acceptors (Lipinski definition) is 4. The van der Waals surface area contributed by atoms with E-state index >= 15 is 0 Å². The van der Waals surface area contributed by atoms with E-state index in [0.29, 0.717) is 23.5 Å². The van der Waals surface area contributed by atoms with Crippen molar-refractivity contribution in [2.75, 3.05) is 14.2 Å². The highest BCUT2D eigenvalue weighted by Crippen LogP contribution is 2.23. The summed E-state index contributed by atoms with van der Waals surface area (Å²) in [4.78, 5) is 10.3. The molecule has 0 unspecified atom stereocenters.